The zero-order valence-corrected chi connectivity index (χ0v) is 11.2. The summed E-state index contributed by atoms with van der Waals surface area (Å²) < 4.78 is 3.07. The molecule has 5 nitrogen and oxygen atoms in total. The Morgan fingerprint density at radius 3 is 3.00 bits per heavy atom. The number of benzene rings is 1. The van der Waals surface area contributed by atoms with E-state index >= 15 is 0 Å². The van der Waals surface area contributed by atoms with Gasteiger partial charge in [0.1, 0.15) is 5.75 Å². The molecular weight excluding hydrogens is 280 g/mol. The number of thioether (sulfide) groups is 1. The molecule has 0 saturated carbocycles. The topological polar surface area (TPSA) is 69.3 Å². The van der Waals surface area contributed by atoms with Crippen LogP contribution in [0, 0.1) is 0 Å². The van der Waals surface area contributed by atoms with Crippen LogP contribution < -0.4 is 4.72 Å². The average molecular weight is 289 g/mol. The number of amidine groups is 1. The van der Waals surface area contributed by atoms with Gasteiger partial charge >= 0.3 is 0 Å². The van der Waals surface area contributed by atoms with Crippen LogP contribution in [0.15, 0.2) is 33.4 Å². The van der Waals surface area contributed by atoms with Crippen LogP contribution in [-0.4, -0.2) is 22.0 Å². The Bertz CT molecular complexity index is 480. The van der Waals surface area contributed by atoms with Crippen LogP contribution in [0.2, 0.25) is 5.02 Å². The number of rotatable bonds is 2. The molecule has 0 aromatic heterocycles. The highest BCUT2D eigenvalue weighted by molar-refractivity contribution is 8.13. The highest BCUT2D eigenvalue weighted by atomic mass is 35.5. The maximum Gasteiger partial charge on any atom is 0.222 e. The molecule has 0 amide bonds. The fourth-order valence-electron chi connectivity index (χ4n) is 1.06. The van der Waals surface area contributed by atoms with Gasteiger partial charge in [-0.1, -0.05) is 11.6 Å². The standard InChI is InChI=1S/C9H9ClN4OS2/c1-16-9-11-8(17-14-9)13-12-5-2-3-7(15)6(10)4-5/h2-4,9,14-15H,1H3. The number of phenolic OH excluding ortho intramolecular Hbond substituents is 1. The minimum Gasteiger partial charge on any atom is -0.506 e. The smallest absolute Gasteiger partial charge is 0.222 e. The van der Waals surface area contributed by atoms with E-state index < -0.39 is 0 Å². The van der Waals surface area contributed by atoms with Crippen molar-refractivity contribution in [1.29, 1.82) is 0 Å². The van der Waals surface area contributed by atoms with E-state index in [2.05, 4.69) is 19.9 Å². The summed E-state index contributed by atoms with van der Waals surface area (Å²) in [5, 5.41) is 18.0. The van der Waals surface area contributed by atoms with Crippen molar-refractivity contribution in [3.05, 3.63) is 23.2 Å². The van der Waals surface area contributed by atoms with E-state index in [0.717, 1.165) is 0 Å². The largest absolute Gasteiger partial charge is 0.506 e. The van der Waals surface area contributed by atoms with Crippen molar-refractivity contribution in [2.75, 3.05) is 6.26 Å². The van der Waals surface area contributed by atoms with Crippen LogP contribution >= 0.6 is 35.3 Å². The van der Waals surface area contributed by atoms with Gasteiger partial charge in [0, 0.05) is 11.9 Å². The molecule has 1 aromatic carbocycles. The van der Waals surface area contributed by atoms with E-state index in [9.17, 15) is 5.11 Å². The second kappa shape index (κ2) is 5.72. The lowest BCUT2D eigenvalue weighted by Crippen LogP contribution is -2.09. The Morgan fingerprint density at radius 1 is 1.53 bits per heavy atom. The summed E-state index contributed by atoms with van der Waals surface area (Å²) in [6, 6.07) is 4.65. The van der Waals surface area contributed by atoms with Crippen molar-refractivity contribution in [3.63, 3.8) is 0 Å². The number of aromatic hydroxyl groups is 1. The van der Waals surface area contributed by atoms with Gasteiger partial charge in [0.05, 0.1) is 10.7 Å². The number of azo groups is 1. The molecule has 0 radical (unpaired) electrons. The fourth-order valence-corrected chi connectivity index (χ4v) is 2.54. The predicted molar refractivity (Wildman–Crippen MR) is 73.1 cm³/mol. The Labute approximate surface area is 112 Å². The van der Waals surface area contributed by atoms with Gasteiger partial charge in [-0.05, 0) is 24.5 Å². The van der Waals surface area contributed by atoms with Gasteiger partial charge in [0.25, 0.3) is 0 Å². The molecule has 0 saturated heterocycles. The monoisotopic (exact) mass is 288 g/mol. The van der Waals surface area contributed by atoms with E-state index in [-0.39, 0.29) is 16.3 Å². The zero-order valence-electron chi connectivity index (χ0n) is 8.79. The maximum atomic E-state index is 9.25. The number of nitrogens with zero attached hydrogens (tertiary/aromatic N) is 3. The molecule has 1 aliphatic heterocycles. The molecule has 1 atom stereocenters. The molecule has 1 aromatic rings. The van der Waals surface area contributed by atoms with Crippen molar-refractivity contribution >= 4 is 46.2 Å². The average Bonchev–Trinajstić information content (AvgIpc) is 2.79. The summed E-state index contributed by atoms with van der Waals surface area (Å²) in [7, 11) is 0. The lowest BCUT2D eigenvalue weighted by molar-refractivity contribution is 0.475. The lowest BCUT2D eigenvalue weighted by Gasteiger charge is -1.97. The van der Waals surface area contributed by atoms with Crippen LogP contribution in [0.5, 0.6) is 5.75 Å². The molecule has 2 N–H and O–H groups in total. The number of aliphatic imine (C=N–C) groups is 1. The number of nitrogens with one attached hydrogen (secondary N) is 1. The first-order chi connectivity index (χ1) is 8.19. The SMILES string of the molecule is CSC1N=C(N=Nc2ccc(O)c(Cl)c2)SN1. The van der Waals surface area contributed by atoms with Crippen LogP contribution in [0.4, 0.5) is 5.69 Å². The van der Waals surface area contributed by atoms with E-state index in [0.29, 0.717) is 10.9 Å². The summed E-state index contributed by atoms with van der Waals surface area (Å²) >= 11 is 8.68. The van der Waals surface area contributed by atoms with E-state index in [4.69, 9.17) is 11.6 Å². The lowest BCUT2D eigenvalue weighted by atomic mass is 10.3. The minimum absolute atomic E-state index is 0.0253. The highest BCUT2D eigenvalue weighted by Gasteiger charge is 2.15. The molecule has 1 aliphatic rings. The second-order valence-corrected chi connectivity index (χ2v) is 5.19. The van der Waals surface area contributed by atoms with Crippen molar-refractivity contribution in [3.8, 4) is 5.75 Å². The van der Waals surface area contributed by atoms with Gasteiger partial charge in [-0.25, -0.2) is 9.71 Å². The Hall–Kier alpha value is -0.760. The summed E-state index contributed by atoms with van der Waals surface area (Å²) in [6.45, 7) is 0. The zero-order chi connectivity index (χ0) is 12.3. The summed E-state index contributed by atoms with van der Waals surface area (Å²) in [6.07, 6.45) is 1.96. The normalized spacial score (nSPS) is 19.9. The van der Waals surface area contributed by atoms with Gasteiger partial charge in [-0.15, -0.1) is 22.0 Å². The second-order valence-electron chi connectivity index (χ2n) is 3.06. The highest BCUT2D eigenvalue weighted by Crippen LogP contribution is 2.28. The first kappa shape index (κ1) is 12.7. The summed E-state index contributed by atoms with van der Waals surface area (Å²) in [4.78, 5) is 4.25. The quantitative estimate of drug-likeness (QED) is 0.646. The predicted octanol–water partition coefficient (Wildman–Crippen LogP) is 3.38. The number of halogens is 1. The van der Waals surface area contributed by atoms with Crippen LogP contribution in [-0.2, 0) is 0 Å². The van der Waals surface area contributed by atoms with Gasteiger partial charge in [-0.3, -0.25) is 0 Å². The summed E-state index contributed by atoms with van der Waals surface area (Å²) in [5.41, 5.74) is 0.598. The Kier molecular flexibility index (Phi) is 4.27. The van der Waals surface area contributed by atoms with Crippen molar-refractivity contribution < 1.29 is 5.11 Å². The fraction of sp³-hybridized carbons (Fsp3) is 0.222. The third-order valence-electron chi connectivity index (χ3n) is 1.88. The first-order valence-corrected chi connectivity index (χ1v) is 7.10. The van der Waals surface area contributed by atoms with Crippen LogP contribution in [0.3, 0.4) is 0 Å². The van der Waals surface area contributed by atoms with Crippen LogP contribution in [0.1, 0.15) is 0 Å². The third-order valence-corrected chi connectivity index (χ3v) is 3.72. The molecule has 0 spiro atoms. The molecule has 0 fully saturated rings. The molecule has 90 valence electrons. The molecule has 17 heavy (non-hydrogen) atoms. The minimum atomic E-state index is 0.0253. The van der Waals surface area contributed by atoms with Gasteiger partial charge < -0.3 is 5.11 Å². The van der Waals surface area contributed by atoms with Gasteiger partial charge in [-0.2, -0.15) is 0 Å². The molecule has 1 heterocycles. The number of phenols is 1. The molecule has 8 heteroatoms. The molecule has 0 aliphatic carbocycles. The molecule has 0 bridgehead atoms. The van der Waals surface area contributed by atoms with Crippen molar-refractivity contribution in [1.82, 2.24) is 4.72 Å². The first-order valence-electron chi connectivity index (χ1n) is 4.62. The molecule has 1 unspecified atom stereocenters. The Balaban J connectivity index is 2.08. The van der Waals surface area contributed by atoms with E-state index in [1.54, 1.807) is 23.9 Å². The molecule has 2 rings (SSSR count). The van der Waals surface area contributed by atoms with E-state index in [1.807, 2.05) is 6.26 Å². The van der Waals surface area contributed by atoms with Crippen LogP contribution in [0.25, 0.3) is 0 Å². The summed E-state index contributed by atoms with van der Waals surface area (Å²) in [5.74, 6) is 0.0299. The molecular formula is C9H9ClN4OS2. The third kappa shape index (κ3) is 3.35. The maximum absolute atomic E-state index is 9.25. The van der Waals surface area contributed by atoms with Crippen molar-refractivity contribution in [2.24, 2.45) is 15.2 Å². The van der Waals surface area contributed by atoms with Gasteiger partial charge in [0.15, 0.2) is 5.50 Å². The number of hydrogen-bond donors (Lipinski definition) is 2. The Morgan fingerprint density at radius 2 is 2.35 bits per heavy atom. The van der Waals surface area contributed by atoms with Gasteiger partial charge in [0.2, 0.25) is 5.17 Å². The number of hydrogen-bond acceptors (Lipinski definition) is 7. The van der Waals surface area contributed by atoms with Crippen molar-refractivity contribution in [2.45, 2.75) is 5.50 Å². The van der Waals surface area contributed by atoms with E-state index in [1.165, 1.54) is 18.0 Å².